The molecule has 0 amide bonds. The largest absolute Gasteiger partial charge is 2.00 e. The quantitative estimate of drug-likeness (QED) is 0.0799. The van der Waals surface area contributed by atoms with Crippen molar-refractivity contribution in [3.8, 4) is 57.5 Å². The second-order valence-corrected chi connectivity index (χ2v) is 13.3. The van der Waals surface area contributed by atoms with Crippen LogP contribution < -0.4 is 49.6 Å². The van der Waals surface area contributed by atoms with Crippen molar-refractivity contribution < 1.29 is 104 Å². The summed E-state index contributed by atoms with van der Waals surface area (Å²) in [6.45, 7) is 1.63. The minimum atomic E-state index is -1.18. The van der Waals surface area contributed by atoms with Crippen molar-refractivity contribution in [1.82, 2.24) is 0 Å². The number of benzene rings is 6. The smallest absolute Gasteiger partial charge is 0.872 e. The van der Waals surface area contributed by atoms with Crippen molar-refractivity contribution in [2.45, 2.75) is 0 Å². The van der Waals surface area contributed by atoms with Gasteiger partial charge in [0.15, 0.2) is 0 Å². The molecule has 18 nitrogen and oxygen atoms in total. The molecule has 4 radical (unpaired) electrons. The number of aromatic carboxylic acids is 2. The van der Waals surface area contributed by atoms with Gasteiger partial charge in [0.1, 0.15) is 23.0 Å². The minimum Gasteiger partial charge on any atom is -0.872 e. The molecule has 0 unspecified atom stereocenters. The first-order valence-electron chi connectivity index (χ1n) is 20.1. The van der Waals surface area contributed by atoms with Gasteiger partial charge in [-0.3, -0.25) is 20.0 Å². The molecule has 0 aromatic heterocycles. The molecule has 0 aliphatic rings. The molecule has 0 spiro atoms. The van der Waals surface area contributed by atoms with Crippen LogP contribution in [0.1, 0.15) is 43.0 Å². The number of carbonyl (C=O) groups is 2. The molecule has 0 atom stereocenters. The molecule has 0 saturated carbocycles. The van der Waals surface area contributed by atoms with Crippen LogP contribution in [-0.4, -0.2) is 129 Å². The van der Waals surface area contributed by atoms with Gasteiger partial charge < -0.3 is 59.8 Å². The molecule has 21 heteroatoms. The fraction of sp³-hybridized carbons (Fsp3) is 0.160. The van der Waals surface area contributed by atoms with Crippen molar-refractivity contribution in [3.05, 3.63) is 155 Å². The van der Waals surface area contributed by atoms with Crippen LogP contribution in [-0.2, 0) is 34.1 Å². The third-order valence-electron chi connectivity index (χ3n) is 8.79. The van der Waals surface area contributed by atoms with Gasteiger partial charge in [-0.25, -0.2) is 9.59 Å². The Hall–Kier alpha value is -7.10. The van der Waals surface area contributed by atoms with Gasteiger partial charge >= 0.3 is 73.4 Å². The first-order chi connectivity index (χ1) is 32.8. The molecule has 0 aliphatic carbocycles. The number of para-hydroxylation sites is 6. The maximum atomic E-state index is 11.9. The van der Waals surface area contributed by atoms with E-state index in [-0.39, 0.29) is 119 Å². The molecule has 6 rings (SSSR count). The van der Waals surface area contributed by atoms with E-state index in [1.165, 1.54) is 102 Å². The standard InChI is InChI=1S/2C18H20N2O4.2C7H6O3.2Cu.Pb/c2*1-23-15-7-3-5-13(17(15)21)11-19-9-10-20-12-14-6-4-8-16(24-2)18(14)22;2*8-6-4-2-1-3-5(6)7(9)10;;;/h2*3-8,11-12,21-22H,9-10H2,1-2H3;2*1-4,8H,(H,9,10);;;/q;;;;3*+2/p-6. The van der Waals surface area contributed by atoms with Crippen LogP contribution in [0.25, 0.3) is 0 Å². The third-order valence-corrected chi connectivity index (χ3v) is 8.79. The molecule has 6 aromatic carbocycles. The Bertz CT molecular complexity index is 2400. The van der Waals surface area contributed by atoms with Gasteiger partial charge in [0.05, 0.1) is 65.7 Å². The maximum absolute atomic E-state index is 11.9. The van der Waals surface area contributed by atoms with E-state index in [1.807, 2.05) is 0 Å². The van der Waals surface area contributed by atoms with Gasteiger partial charge in [-0.2, -0.15) is 0 Å². The molecule has 0 fully saturated rings. The van der Waals surface area contributed by atoms with Crippen molar-refractivity contribution in [1.29, 1.82) is 0 Å². The van der Waals surface area contributed by atoms with Crippen LogP contribution >= 0.6 is 0 Å². The van der Waals surface area contributed by atoms with Crippen LogP contribution in [0.5, 0.6) is 57.5 Å². The Morgan fingerprint density at radius 3 is 0.817 bits per heavy atom. The summed E-state index contributed by atoms with van der Waals surface area (Å²) < 4.78 is 19.9. The van der Waals surface area contributed by atoms with Crippen molar-refractivity contribution in [2.75, 3.05) is 54.6 Å². The summed E-state index contributed by atoms with van der Waals surface area (Å²) in [6, 6.07) is 31.2. The first-order valence-corrected chi connectivity index (χ1v) is 20.1. The summed E-state index contributed by atoms with van der Waals surface area (Å²) >= 11 is 0. The molecule has 0 heterocycles. The van der Waals surface area contributed by atoms with Gasteiger partial charge in [-0.1, -0.05) is 119 Å². The van der Waals surface area contributed by atoms with Gasteiger partial charge in [-0.15, -0.1) is 0 Å². The number of hydrogen-bond donors (Lipinski definition) is 2. The van der Waals surface area contributed by atoms with Crippen LogP contribution in [0.4, 0.5) is 0 Å². The van der Waals surface area contributed by atoms with Crippen LogP contribution in [0.3, 0.4) is 0 Å². The normalized spacial score (nSPS) is 10.2. The molecule has 2 N–H and O–H groups in total. The van der Waals surface area contributed by atoms with E-state index in [2.05, 4.69) is 20.0 Å². The van der Waals surface area contributed by atoms with Crippen molar-refractivity contribution >= 4 is 64.1 Å². The van der Waals surface area contributed by atoms with E-state index in [1.54, 1.807) is 72.8 Å². The average Bonchev–Trinajstić information content (AvgIpc) is 3.33. The zero-order valence-electron chi connectivity index (χ0n) is 38.4. The van der Waals surface area contributed by atoms with Gasteiger partial charge in [0, 0.05) is 24.9 Å². The Morgan fingerprint density at radius 1 is 0.408 bits per heavy atom. The van der Waals surface area contributed by atoms with E-state index in [0.29, 0.717) is 48.4 Å². The zero-order valence-corrected chi connectivity index (χ0v) is 44.1. The predicted molar refractivity (Wildman–Crippen MR) is 251 cm³/mol. The van der Waals surface area contributed by atoms with Crippen molar-refractivity contribution in [3.63, 3.8) is 0 Å². The fourth-order valence-electron chi connectivity index (χ4n) is 5.35. The third kappa shape index (κ3) is 21.2. The Morgan fingerprint density at radius 2 is 0.634 bits per heavy atom. The topological polar surface area (TPSA) is 299 Å². The van der Waals surface area contributed by atoms with Crippen molar-refractivity contribution in [2.24, 2.45) is 20.0 Å². The summed E-state index contributed by atoms with van der Waals surface area (Å²) in [5.41, 5.74) is 1.51. The average molecular weight is 1260 g/mol. The summed E-state index contributed by atoms with van der Waals surface area (Å²) in [5, 5.41) is 85.7. The van der Waals surface area contributed by atoms with E-state index >= 15 is 0 Å². The Kier molecular flexibility index (Phi) is 31.6. The second kappa shape index (κ2) is 35.1. The number of carboxylic acid groups (broad SMARTS) is 2. The number of nitrogens with zero attached hydrogens (tertiary/aromatic N) is 4. The molecular formula is C50H46Cu2N4O14Pb. The van der Waals surface area contributed by atoms with E-state index in [4.69, 9.17) is 29.2 Å². The Balaban J connectivity index is 0.000000974. The number of aliphatic imine (C=N–C) groups is 4. The molecule has 0 bridgehead atoms. The van der Waals surface area contributed by atoms with Crippen LogP contribution in [0.2, 0.25) is 0 Å². The fourth-order valence-corrected chi connectivity index (χ4v) is 5.35. The number of carboxylic acids is 2. The summed E-state index contributed by atoms with van der Waals surface area (Å²) in [6.07, 6.45) is 6.02. The van der Waals surface area contributed by atoms with E-state index < -0.39 is 23.4 Å². The molecule has 0 saturated heterocycles. The summed E-state index contributed by atoms with van der Waals surface area (Å²) in [4.78, 5) is 37.1. The molecule has 0 aliphatic heterocycles. The molecule has 6 aromatic rings. The number of methoxy groups -OCH3 is 4. The van der Waals surface area contributed by atoms with Gasteiger partial charge in [0.2, 0.25) is 0 Å². The number of hydrogen-bond acceptors (Lipinski definition) is 16. The minimum absolute atomic E-state index is 0. The maximum Gasteiger partial charge on any atom is 2.00 e. The number of rotatable bonds is 16. The summed E-state index contributed by atoms with van der Waals surface area (Å²) in [5.74, 6) is -2.87. The van der Waals surface area contributed by atoms with Gasteiger partial charge in [0.25, 0.3) is 0 Å². The number of ether oxygens (including phenoxy) is 4. The van der Waals surface area contributed by atoms with Crippen LogP contribution in [0, 0.1) is 0 Å². The Labute approximate surface area is 451 Å². The predicted octanol–water partition coefficient (Wildman–Crippen LogP) is 3.31. The molecule has 71 heavy (non-hydrogen) atoms. The molecular weight excluding hydrogens is 1210 g/mol. The monoisotopic (exact) mass is 1260 g/mol. The first kappa shape index (κ1) is 63.9. The summed E-state index contributed by atoms with van der Waals surface area (Å²) in [7, 11) is 5.81. The zero-order chi connectivity index (χ0) is 49.8. The van der Waals surface area contributed by atoms with E-state index in [9.17, 15) is 40.2 Å². The van der Waals surface area contributed by atoms with Crippen LogP contribution in [0.15, 0.2) is 141 Å². The molecule has 376 valence electrons. The van der Waals surface area contributed by atoms with E-state index in [0.717, 1.165) is 0 Å². The SMILES string of the molecule is COc1cccc(C=NCCN=Cc2cccc(OC)c2[O-])c1[O-].COc1cccc(C=NCCN=Cc2cccc(OC)c2[O-])c1[O-].O=C(O)c1ccccc1[O-].O=C(O)c1ccccc1[O-].[Cu+2].[Cu+2].[Pb+2]. The second-order valence-electron chi connectivity index (χ2n) is 13.3. The van der Waals surface area contributed by atoms with Gasteiger partial charge in [-0.05, 0) is 58.7 Å².